The van der Waals surface area contributed by atoms with E-state index in [2.05, 4.69) is 17.2 Å². The van der Waals surface area contributed by atoms with Crippen LogP contribution in [0.25, 0.3) is 0 Å². The molecule has 2 N–H and O–H groups in total. The molecule has 3 heteroatoms. The Kier molecular flexibility index (Phi) is 4.48. The van der Waals surface area contributed by atoms with Gasteiger partial charge in [-0.15, -0.1) is 5.92 Å². The summed E-state index contributed by atoms with van der Waals surface area (Å²) in [7, 11) is 0. The summed E-state index contributed by atoms with van der Waals surface area (Å²) in [5.41, 5.74) is 0. The first kappa shape index (κ1) is 11.1. The lowest BCUT2D eigenvalue weighted by atomic mass is 9.86. The molecule has 0 aromatic rings. The highest BCUT2D eigenvalue weighted by Crippen LogP contribution is 2.24. The number of carbonyl (C=O) groups is 1. The van der Waals surface area contributed by atoms with Crippen molar-refractivity contribution < 1.29 is 9.90 Å². The maximum Gasteiger partial charge on any atom is 0.306 e. The van der Waals surface area contributed by atoms with E-state index in [1.165, 1.54) is 0 Å². The van der Waals surface area contributed by atoms with Crippen LogP contribution < -0.4 is 5.32 Å². The van der Waals surface area contributed by atoms with Crippen molar-refractivity contribution in [2.45, 2.75) is 38.6 Å². The van der Waals surface area contributed by atoms with Gasteiger partial charge < -0.3 is 10.4 Å². The van der Waals surface area contributed by atoms with Crippen molar-refractivity contribution in [1.29, 1.82) is 0 Å². The minimum atomic E-state index is -0.655. The molecule has 78 valence electrons. The molecule has 0 saturated heterocycles. The van der Waals surface area contributed by atoms with Crippen LogP contribution in [0.4, 0.5) is 0 Å². The summed E-state index contributed by atoms with van der Waals surface area (Å²) in [5.74, 6) is 4.93. The zero-order valence-electron chi connectivity index (χ0n) is 8.55. The fourth-order valence-corrected chi connectivity index (χ4v) is 1.88. The third kappa shape index (κ3) is 3.39. The average Bonchev–Trinajstić information content (AvgIpc) is 2.19. The molecule has 14 heavy (non-hydrogen) atoms. The molecule has 0 aliphatic heterocycles. The molecule has 3 nitrogen and oxygen atoms in total. The molecule has 0 radical (unpaired) electrons. The molecular formula is C11H17NO2. The summed E-state index contributed by atoms with van der Waals surface area (Å²) >= 11 is 0. The van der Waals surface area contributed by atoms with E-state index in [4.69, 9.17) is 5.11 Å². The van der Waals surface area contributed by atoms with E-state index in [-0.39, 0.29) is 5.92 Å². The van der Waals surface area contributed by atoms with Crippen LogP contribution in [0, 0.1) is 17.8 Å². The van der Waals surface area contributed by atoms with Gasteiger partial charge in [-0.1, -0.05) is 12.3 Å². The highest BCUT2D eigenvalue weighted by molar-refractivity contribution is 5.70. The van der Waals surface area contributed by atoms with Crippen LogP contribution in [-0.4, -0.2) is 23.7 Å². The molecule has 0 spiro atoms. The molecule has 0 amide bonds. The van der Waals surface area contributed by atoms with Gasteiger partial charge >= 0.3 is 5.97 Å². The van der Waals surface area contributed by atoms with Gasteiger partial charge in [0.05, 0.1) is 12.5 Å². The molecule has 1 saturated carbocycles. The van der Waals surface area contributed by atoms with Gasteiger partial charge in [-0.3, -0.25) is 4.79 Å². The van der Waals surface area contributed by atoms with Crippen LogP contribution in [0.2, 0.25) is 0 Å². The Morgan fingerprint density at radius 1 is 1.57 bits per heavy atom. The van der Waals surface area contributed by atoms with Crippen molar-refractivity contribution in [1.82, 2.24) is 5.32 Å². The van der Waals surface area contributed by atoms with Gasteiger partial charge in [0.2, 0.25) is 0 Å². The third-order valence-corrected chi connectivity index (χ3v) is 2.68. The number of hydrogen-bond donors (Lipinski definition) is 2. The van der Waals surface area contributed by atoms with Gasteiger partial charge in [-0.2, -0.15) is 0 Å². The summed E-state index contributed by atoms with van der Waals surface area (Å²) in [6.45, 7) is 2.48. The highest BCUT2D eigenvalue weighted by Gasteiger charge is 2.26. The summed E-state index contributed by atoms with van der Waals surface area (Å²) in [5, 5.41) is 12.1. The summed E-state index contributed by atoms with van der Waals surface area (Å²) < 4.78 is 0. The monoisotopic (exact) mass is 195 g/mol. The number of carboxylic acid groups (broad SMARTS) is 1. The summed E-state index contributed by atoms with van der Waals surface area (Å²) in [6, 6.07) is 0.339. The molecule has 2 atom stereocenters. The van der Waals surface area contributed by atoms with Crippen molar-refractivity contribution in [2.24, 2.45) is 5.92 Å². The molecule has 0 bridgehead atoms. The fourth-order valence-electron chi connectivity index (χ4n) is 1.88. The zero-order chi connectivity index (χ0) is 10.4. The second-order valence-electron chi connectivity index (χ2n) is 3.71. The Morgan fingerprint density at radius 2 is 2.36 bits per heavy atom. The highest BCUT2D eigenvalue weighted by atomic mass is 16.4. The molecule has 0 heterocycles. The Balaban J connectivity index is 2.31. The Labute approximate surface area is 84.9 Å². The number of hydrogen-bond acceptors (Lipinski definition) is 2. The van der Waals surface area contributed by atoms with Crippen molar-refractivity contribution in [3.05, 3.63) is 0 Å². The number of aliphatic carboxylic acids is 1. The maximum absolute atomic E-state index is 10.8. The van der Waals surface area contributed by atoms with Crippen molar-refractivity contribution in [3.63, 3.8) is 0 Å². The topological polar surface area (TPSA) is 49.3 Å². The number of carboxylic acids is 1. The lowest BCUT2D eigenvalue weighted by Crippen LogP contribution is -2.36. The summed E-state index contributed by atoms with van der Waals surface area (Å²) in [6.07, 6.45) is 3.66. The lowest BCUT2D eigenvalue weighted by Gasteiger charge is -2.26. The molecule has 1 aliphatic carbocycles. The minimum absolute atomic E-state index is 0.157. The van der Waals surface area contributed by atoms with Gasteiger partial charge in [0, 0.05) is 6.04 Å². The number of nitrogens with one attached hydrogen (secondary N) is 1. The number of rotatable bonds is 3. The van der Waals surface area contributed by atoms with E-state index in [0.717, 1.165) is 25.7 Å². The van der Waals surface area contributed by atoms with E-state index >= 15 is 0 Å². The van der Waals surface area contributed by atoms with E-state index in [1.807, 2.05) is 6.92 Å². The molecular weight excluding hydrogens is 178 g/mol. The SMILES string of the molecule is CC#CCNC1CCCC(C(=O)O)C1. The minimum Gasteiger partial charge on any atom is -0.481 e. The first-order valence-electron chi connectivity index (χ1n) is 5.10. The van der Waals surface area contributed by atoms with Crippen LogP contribution in [0.3, 0.4) is 0 Å². The largest absolute Gasteiger partial charge is 0.481 e. The second-order valence-corrected chi connectivity index (χ2v) is 3.71. The zero-order valence-corrected chi connectivity index (χ0v) is 8.55. The molecule has 1 fully saturated rings. The van der Waals surface area contributed by atoms with Gasteiger partial charge in [0.15, 0.2) is 0 Å². The average molecular weight is 195 g/mol. The smallest absolute Gasteiger partial charge is 0.306 e. The Morgan fingerprint density at radius 3 is 3.00 bits per heavy atom. The van der Waals surface area contributed by atoms with Gasteiger partial charge in [0.1, 0.15) is 0 Å². The Hall–Kier alpha value is -1.01. The summed E-state index contributed by atoms with van der Waals surface area (Å²) in [4.78, 5) is 10.8. The normalized spacial score (nSPS) is 26.4. The van der Waals surface area contributed by atoms with Gasteiger partial charge in [-0.05, 0) is 26.2 Å². The van der Waals surface area contributed by atoms with E-state index in [0.29, 0.717) is 12.6 Å². The first-order valence-corrected chi connectivity index (χ1v) is 5.10. The lowest BCUT2D eigenvalue weighted by molar-refractivity contribution is -0.143. The first-order chi connectivity index (χ1) is 6.74. The molecule has 1 aliphatic rings. The Bertz CT molecular complexity index is 252. The van der Waals surface area contributed by atoms with Gasteiger partial charge in [0.25, 0.3) is 0 Å². The van der Waals surface area contributed by atoms with Crippen molar-refractivity contribution in [3.8, 4) is 11.8 Å². The van der Waals surface area contributed by atoms with Crippen molar-refractivity contribution in [2.75, 3.05) is 6.54 Å². The van der Waals surface area contributed by atoms with Crippen LogP contribution in [-0.2, 0) is 4.79 Å². The molecule has 0 aromatic heterocycles. The predicted molar refractivity (Wildman–Crippen MR) is 54.8 cm³/mol. The fraction of sp³-hybridized carbons (Fsp3) is 0.727. The van der Waals surface area contributed by atoms with E-state index < -0.39 is 5.97 Å². The van der Waals surface area contributed by atoms with Gasteiger partial charge in [-0.25, -0.2) is 0 Å². The van der Waals surface area contributed by atoms with Crippen LogP contribution >= 0.6 is 0 Å². The third-order valence-electron chi connectivity index (χ3n) is 2.68. The molecule has 1 rings (SSSR count). The van der Waals surface area contributed by atoms with Crippen LogP contribution in [0.5, 0.6) is 0 Å². The quantitative estimate of drug-likeness (QED) is 0.666. The van der Waals surface area contributed by atoms with E-state index in [9.17, 15) is 4.79 Å². The van der Waals surface area contributed by atoms with Crippen molar-refractivity contribution >= 4 is 5.97 Å². The van der Waals surface area contributed by atoms with Crippen LogP contribution in [0.1, 0.15) is 32.6 Å². The maximum atomic E-state index is 10.8. The standard InChI is InChI=1S/C11H17NO2/c1-2-3-7-12-10-6-4-5-9(8-10)11(13)14/h9-10,12H,4-8H2,1H3,(H,13,14). The van der Waals surface area contributed by atoms with E-state index in [1.54, 1.807) is 0 Å². The molecule has 0 aromatic carbocycles. The predicted octanol–water partition coefficient (Wildman–Crippen LogP) is 1.24. The molecule has 2 unspecified atom stereocenters. The van der Waals surface area contributed by atoms with Crippen LogP contribution in [0.15, 0.2) is 0 Å². The second kappa shape index (κ2) is 5.66.